The fourth-order valence-electron chi connectivity index (χ4n) is 3.95. The third-order valence-corrected chi connectivity index (χ3v) is 5.37. The van der Waals surface area contributed by atoms with E-state index in [9.17, 15) is 0 Å². The van der Waals surface area contributed by atoms with Gasteiger partial charge in [-0.3, -0.25) is 0 Å². The van der Waals surface area contributed by atoms with Crippen LogP contribution < -0.4 is 5.32 Å². The van der Waals surface area contributed by atoms with Crippen LogP contribution in [-0.4, -0.2) is 75.4 Å². The van der Waals surface area contributed by atoms with Crippen molar-refractivity contribution in [2.24, 2.45) is 5.41 Å². The molecule has 21 heavy (non-hydrogen) atoms. The summed E-state index contributed by atoms with van der Waals surface area (Å²) in [4.78, 5) is 5.20. The first kappa shape index (κ1) is 17.2. The Morgan fingerprint density at radius 3 is 2.62 bits per heavy atom. The Bertz CT molecular complexity index is 284. The van der Waals surface area contributed by atoms with Crippen LogP contribution in [0.15, 0.2) is 0 Å². The minimum atomic E-state index is 0.324. The lowest BCUT2D eigenvalue weighted by molar-refractivity contribution is -0.0320. The van der Waals surface area contributed by atoms with E-state index in [1.807, 2.05) is 0 Å². The topological polar surface area (TPSA) is 27.7 Å². The zero-order valence-electron chi connectivity index (χ0n) is 14.4. The van der Waals surface area contributed by atoms with Gasteiger partial charge in [-0.1, -0.05) is 13.8 Å². The summed E-state index contributed by atoms with van der Waals surface area (Å²) in [6, 6.07) is 0.758. The predicted molar refractivity (Wildman–Crippen MR) is 88.8 cm³/mol. The standard InChI is InChI=1S/C17H35N3O/c1-4-18-13-17(9-6-12-21-15-17)14-19(3)16-7-10-20(5-2)11-8-16/h16,18H,4-15H2,1-3H3. The molecule has 2 aliphatic rings. The van der Waals surface area contributed by atoms with Crippen molar-refractivity contribution in [1.29, 1.82) is 0 Å². The highest BCUT2D eigenvalue weighted by Crippen LogP contribution is 2.30. The molecule has 1 N–H and O–H groups in total. The molecule has 0 aromatic rings. The van der Waals surface area contributed by atoms with E-state index in [1.54, 1.807) is 0 Å². The van der Waals surface area contributed by atoms with Gasteiger partial charge in [-0.15, -0.1) is 0 Å². The van der Waals surface area contributed by atoms with Gasteiger partial charge < -0.3 is 19.9 Å². The van der Waals surface area contributed by atoms with Crippen LogP contribution in [-0.2, 0) is 4.74 Å². The van der Waals surface area contributed by atoms with Crippen LogP contribution in [0, 0.1) is 5.41 Å². The molecule has 2 aliphatic heterocycles. The van der Waals surface area contributed by atoms with Crippen LogP contribution in [0.1, 0.15) is 39.5 Å². The van der Waals surface area contributed by atoms with Crippen molar-refractivity contribution in [3.8, 4) is 0 Å². The van der Waals surface area contributed by atoms with Crippen LogP contribution in [0.25, 0.3) is 0 Å². The molecule has 0 aliphatic carbocycles. The van der Waals surface area contributed by atoms with Crippen LogP contribution in [0.2, 0.25) is 0 Å². The average Bonchev–Trinajstić information content (AvgIpc) is 2.54. The first-order chi connectivity index (χ1) is 10.2. The molecule has 4 nitrogen and oxygen atoms in total. The molecule has 0 bridgehead atoms. The maximum atomic E-state index is 5.83. The van der Waals surface area contributed by atoms with Gasteiger partial charge in [0.15, 0.2) is 0 Å². The zero-order valence-corrected chi connectivity index (χ0v) is 14.4. The van der Waals surface area contributed by atoms with Gasteiger partial charge in [0.2, 0.25) is 0 Å². The van der Waals surface area contributed by atoms with E-state index in [0.29, 0.717) is 5.41 Å². The van der Waals surface area contributed by atoms with E-state index >= 15 is 0 Å². The molecule has 0 aromatic carbocycles. The van der Waals surface area contributed by atoms with Gasteiger partial charge in [-0.2, -0.15) is 0 Å². The monoisotopic (exact) mass is 297 g/mol. The molecule has 1 atom stereocenters. The highest BCUT2D eigenvalue weighted by molar-refractivity contribution is 4.89. The van der Waals surface area contributed by atoms with Crippen molar-refractivity contribution < 1.29 is 4.74 Å². The maximum absolute atomic E-state index is 5.83. The Morgan fingerprint density at radius 2 is 2.05 bits per heavy atom. The van der Waals surface area contributed by atoms with Gasteiger partial charge in [0.05, 0.1) is 6.61 Å². The fourth-order valence-corrected chi connectivity index (χ4v) is 3.95. The van der Waals surface area contributed by atoms with E-state index in [4.69, 9.17) is 4.74 Å². The van der Waals surface area contributed by atoms with E-state index < -0.39 is 0 Å². The van der Waals surface area contributed by atoms with Crippen molar-refractivity contribution in [1.82, 2.24) is 15.1 Å². The quantitative estimate of drug-likeness (QED) is 0.776. The van der Waals surface area contributed by atoms with E-state index in [2.05, 4.69) is 36.0 Å². The minimum absolute atomic E-state index is 0.324. The van der Waals surface area contributed by atoms with Gasteiger partial charge in [0, 0.05) is 31.2 Å². The molecule has 0 spiro atoms. The van der Waals surface area contributed by atoms with E-state index in [0.717, 1.165) is 32.3 Å². The number of hydrogen-bond donors (Lipinski definition) is 1. The molecule has 2 saturated heterocycles. The third-order valence-electron chi connectivity index (χ3n) is 5.37. The molecule has 2 heterocycles. The normalized spacial score (nSPS) is 29.1. The second-order valence-corrected chi connectivity index (χ2v) is 7.02. The van der Waals surface area contributed by atoms with Crippen molar-refractivity contribution in [3.63, 3.8) is 0 Å². The van der Waals surface area contributed by atoms with E-state index in [1.165, 1.54) is 51.9 Å². The Balaban J connectivity index is 1.87. The molecule has 2 fully saturated rings. The summed E-state index contributed by atoms with van der Waals surface area (Å²) in [5, 5.41) is 3.57. The van der Waals surface area contributed by atoms with Gasteiger partial charge in [-0.05, 0) is 58.9 Å². The molecule has 124 valence electrons. The van der Waals surface area contributed by atoms with Gasteiger partial charge >= 0.3 is 0 Å². The minimum Gasteiger partial charge on any atom is -0.381 e. The number of nitrogens with zero attached hydrogens (tertiary/aromatic N) is 2. The largest absolute Gasteiger partial charge is 0.381 e. The smallest absolute Gasteiger partial charge is 0.0546 e. The molecule has 2 rings (SSSR count). The summed E-state index contributed by atoms with van der Waals surface area (Å²) in [5.41, 5.74) is 0.324. The molecule has 1 unspecified atom stereocenters. The second kappa shape index (κ2) is 8.47. The predicted octanol–water partition coefficient (Wildman–Crippen LogP) is 1.81. The summed E-state index contributed by atoms with van der Waals surface area (Å²) >= 11 is 0. The Kier molecular flexibility index (Phi) is 6.93. The zero-order chi connectivity index (χ0) is 15.1. The van der Waals surface area contributed by atoms with Crippen molar-refractivity contribution >= 4 is 0 Å². The highest BCUT2D eigenvalue weighted by atomic mass is 16.5. The Morgan fingerprint density at radius 1 is 1.29 bits per heavy atom. The number of likely N-dealkylation sites (tertiary alicyclic amines) is 1. The first-order valence-corrected chi connectivity index (χ1v) is 8.90. The highest BCUT2D eigenvalue weighted by Gasteiger charge is 2.35. The Hall–Kier alpha value is -0.160. The van der Waals surface area contributed by atoms with Crippen LogP contribution in [0.5, 0.6) is 0 Å². The van der Waals surface area contributed by atoms with E-state index in [-0.39, 0.29) is 0 Å². The molecular formula is C17H35N3O. The SMILES string of the molecule is CCNCC1(CN(C)C2CCN(CC)CC2)CCCOC1. The molecular weight excluding hydrogens is 262 g/mol. The number of ether oxygens (including phenoxy) is 1. The van der Waals surface area contributed by atoms with Gasteiger partial charge in [-0.25, -0.2) is 0 Å². The molecule has 0 aromatic heterocycles. The molecule has 0 saturated carbocycles. The molecule has 0 amide bonds. The number of nitrogens with one attached hydrogen (secondary N) is 1. The molecule has 0 radical (unpaired) electrons. The van der Waals surface area contributed by atoms with Gasteiger partial charge in [0.25, 0.3) is 0 Å². The van der Waals surface area contributed by atoms with Crippen molar-refractivity contribution in [2.75, 3.05) is 59.5 Å². The number of piperidine rings is 1. The Labute approximate surface area is 131 Å². The van der Waals surface area contributed by atoms with Crippen LogP contribution >= 0.6 is 0 Å². The lowest BCUT2D eigenvalue weighted by atomic mass is 9.81. The van der Waals surface area contributed by atoms with Gasteiger partial charge in [0.1, 0.15) is 0 Å². The molecule has 4 heteroatoms. The maximum Gasteiger partial charge on any atom is 0.0546 e. The third kappa shape index (κ3) is 4.92. The lowest BCUT2D eigenvalue weighted by Gasteiger charge is -2.44. The average molecular weight is 297 g/mol. The summed E-state index contributed by atoms with van der Waals surface area (Å²) < 4.78 is 5.83. The summed E-state index contributed by atoms with van der Waals surface area (Å²) in [6.07, 6.45) is 5.16. The summed E-state index contributed by atoms with van der Waals surface area (Å²) in [6.45, 7) is 13.4. The van der Waals surface area contributed by atoms with Crippen molar-refractivity contribution in [2.45, 2.75) is 45.6 Å². The van der Waals surface area contributed by atoms with Crippen molar-refractivity contribution in [3.05, 3.63) is 0 Å². The lowest BCUT2D eigenvalue weighted by Crippen LogP contribution is -2.52. The first-order valence-electron chi connectivity index (χ1n) is 8.90. The second-order valence-electron chi connectivity index (χ2n) is 7.02. The fraction of sp³-hybridized carbons (Fsp3) is 1.00. The number of rotatable bonds is 7. The van der Waals surface area contributed by atoms with Crippen LogP contribution in [0.4, 0.5) is 0 Å². The summed E-state index contributed by atoms with van der Waals surface area (Å²) in [7, 11) is 2.33. The number of hydrogen-bond acceptors (Lipinski definition) is 4. The summed E-state index contributed by atoms with van der Waals surface area (Å²) in [5.74, 6) is 0. The van der Waals surface area contributed by atoms with Crippen LogP contribution in [0.3, 0.4) is 0 Å².